The summed E-state index contributed by atoms with van der Waals surface area (Å²) in [6.07, 6.45) is 1.38. The molecule has 1 aliphatic rings. The maximum Gasteiger partial charge on any atom is 0.335 e. The third-order valence-electron chi connectivity index (χ3n) is 5.73. The lowest BCUT2D eigenvalue weighted by Crippen LogP contribution is -2.54. The molecule has 1 aliphatic heterocycles. The number of anilines is 2. The number of carbonyl (C=O) groups is 4. The van der Waals surface area contributed by atoms with Gasteiger partial charge in [-0.05, 0) is 73.9 Å². The van der Waals surface area contributed by atoms with Crippen molar-refractivity contribution in [3.8, 4) is 5.75 Å². The Morgan fingerprint density at radius 3 is 2.41 bits per heavy atom. The molecule has 0 bridgehead atoms. The van der Waals surface area contributed by atoms with Crippen LogP contribution in [0.25, 0.3) is 6.08 Å². The minimum Gasteiger partial charge on any atom is -0.484 e. The number of halogens is 1. The van der Waals surface area contributed by atoms with Crippen LogP contribution in [0, 0.1) is 20.8 Å². The molecule has 188 valence electrons. The summed E-state index contributed by atoms with van der Waals surface area (Å²) in [4.78, 5) is 51.2. The van der Waals surface area contributed by atoms with E-state index < -0.39 is 17.8 Å². The van der Waals surface area contributed by atoms with Crippen molar-refractivity contribution in [1.29, 1.82) is 0 Å². The highest BCUT2D eigenvalue weighted by atomic mass is 35.5. The number of nitrogens with one attached hydrogen (secondary N) is 2. The van der Waals surface area contributed by atoms with Crippen LogP contribution in [-0.2, 0) is 14.4 Å². The fraction of sp³-hybridized carbons (Fsp3) is 0.143. The van der Waals surface area contributed by atoms with Crippen LogP contribution in [-0.4, -0.2) is 30.4 Å². The molecule has 0 unspecified atom stereocenters. The number of hydrogen-bond acceptors (Lipinski definition) is 5. The Labute approximate surface area is 218 Å². The van der Waals surface area contributed by atoms with Crippen molar-refractivity contribution >= 4 is 52.8 Å². The number of amides is 5. The highest BCUT2D eigenvalue weighted by Crippen LogP contribution is 2.28. The number of barbiturate groups is 1. The first-order valence-electron chi connectivity index (χ1n) is 11.4. The van der Waals surface area contributed by atoms with Gasteiger partial charge < -0.3 is 10.1 Å². The standard InChI is InChI=1S/C28H24ClN3O5/c1-16-4-11-23(18(3)12-16)30-25(33)15-37-21-9-6-19(7-10-21)13-22-26(34)31-28(36)32(27(22)35)24-14-20(29)8-5-17(24)2/h4-14H,15H2,1-3H3,(H,30,33)(H,31,34,36)/b22-13+. The fourth-order valence-corrected chi connectivity index (χ4v) is 3.98. The number of aryl methyl sites for hydroxylation is 3. The van der Waals surface area contributed by atoms with Crippen LogP contribution < -0.4 is 20.3 Å². The second-order valence-electron chi connectivity index (χ2n) is 8.61. The Bertz CT molecular complexity index is 1450. The van der Waals surface area contributed by atoms with Crippen molar-refractivity contribution in [1.82, 2.24) is 5.32 Å². The van der Waals surface area contributed by atoms with Gasteiger partial charge >= 0.3 is 6.03 Å². The number of hydrogen-bond donors (Lipinski definition) is 2. The summed E-state index contributed by atoms with van der Waals surface area (Å²) < 4.78 is 5.56. The molecule has 1 heterocycles. The Kier molecular flexibility index (Phi) is 7.40. The first-order chi connectivity index (χ1) is 17.6. The van der Waals surface area contributed by atoms with E-state index in [0.717, 1.165) is 21.7 Å². The lowest BCUT2D eigenvalue weighted by molar-refractivity contribution is -0.122. The van der Waals surface area contributed by atoms with E-state index in [1.165, 1.54) is 12.1 Å². The van der Waals surface area contributed by atoms with E-state index in [1.54, 1.807) is 43.3 Å². The predicted molar refractivity (Wildman–Crippen MR) is 142 cm³/mol. The monoisotopic (exact) mass is 517 g/mol. The Morgan fingerprint density at radius 2 is 1.70 bits per heavy atom. The Balaban J connectivity index is 1.45. The van der Waals surface area contributed by atoms with Crippen molar-refractivity contribution in [2.45, 2.75) is 20.8 Å². The zero-order valence-electron chi connectivity index (χ0n) is 20.4. The zero-order valence-corrected chi connectivity index (χ0v) is 21.2. The van der Waals surface area contributed by atoms with Crippen molar-refractivity contribution in [2.24, 2.45) is 0 Å². The normalized spacial score (nSPS) is 14.5. The van der Waals surface area contributed by atoms with Gasteiger partial charge in [-0.3, -0.25) is 19.7 Å². The van der Waals surface area contributed by atoms with E-state index in [0.29, 0.717) is 21.9 Å². The zero-order chi connectivity index (χ0) is 26.7. The third-order valence-corrected chi connectivity index (χ3v) is 5.97. The SMILES string of the molecule is Cc1ccc(NC(=O)COc2ccc(/C=C3\C(=O)NC(=O)N(c4cc(Cl)ccc4C)C3=O)cc2)c(C)c1. The van der Waals surface area contributed by atoms with Gasteiger partial charge in [0.05, 0.1) is 5.69 Å². The molecule has 3 aromatic carbocycles. The number of nitrogens with zero attached hydrogens (tertiary/aromatic N) is 1. The minimum absolute atomic E-state index is 0.190. The van der Waals surface area contributed by atoms with E-state index in [1.807, 2.05) is 32.0 Å². The van der Waals surface area contributed by atoms with Gasteiger partial charge in [0.15, 0.2) is 6.61 Å². The van der Waals surface area contributed by atoms with Gasteiger partial charge in [-0.25, -0.2) is 9.69 Å². The molecule has 2 N–H and O–H groups in total. The fourth-order valence-electron chi connectivity index (χ4n) is 3.82. The van der Waals surface area contributed by atoms with Gasteiger partial charge in [-0.1, -0.05) is 47.5 Å². The molecule has 0 aromatic heterocycles. The summed E-state index contributed by atoms with van der Waals surface area (Å²) in [5.41, 5.74) is 4.03. The minimum atomic E-state index is -0.847. The number of carbonyl (C=O) groups excluding carboxylic acids is 4. The molecule has 9 heteroatoms. The van der Waals surface area contributed by atoms with Gasteiger partial charge in [-0.15, -0.1) is 0 Å². The van der Waals surface area contributed by atoms with Gasteiger partial charge in [0.2, 0.25) is 0 Å². The summed E-state index contributed by atoms with van der Waals surface area (Å²) in [5.74, 6) is -1.43. The van der Waals surface area contributed by atoms with E-state index in [2.05, 4.69) is 10.6 Å². The quantitative estimate of drug-likeness (QED) is 0.355. The van der Waals surface area contributed by atoms with Crippen LogP contribution >= 0.6 is 11.6 Å². The predicted octanol–water partition coefficient (Wildman–Crippen LogP) is 4.95. The van der Waals surface area contributed by atoms with Crippen LogP contribution in [0.2, 0.25) is 5.02 Å². The summed E-state index contributed by atoms with van der Waals surface area (Å²) >= 11 is 6.05. The highest BCUT2D eigenvalue weighted by molar-refractivity contribution is 6.39. The molecule has 37 heavy (non-hydrogen) atoms. The van der Waals surface area contributed by atoms with Gasteiger partial charge in [0.1, 0.15) is 11.3 Å². The molecule has 3 aromatic rings. The van der Waals surface area contributed by atoms with Crippen LogP contribution in [0.3, 0.4) is 0 Å². The number of ether oxygens (including phenoxy) is 1. The van der Waals surface area contributed by atoms with Crippen molar-refractivity contribution in [2.75, 3.05) is 16.8 Å². The van der Waals surface area contributed by atoms with E-state index in [4.69, 9.17) is 16.3 Å². The van der Waals surface area contributed by atoms with Gasteiger partial charge in [0.25, 0.3) is 17.7 Å². The number of benzene rings is 3. The molecule has 1 saturated heterocycles. The summed E-state index contributed by atoms with van der Waals surface area (Å²) in [6, 6.07) is 16.2. The number of rotatable bonds is 6. The van der Waals surface area contributed by atoms with Crippen LogP contribution in [0.5, 0.6) is 5.75 Å². The first-order valence-corrected chi connectivity index (χ1v) is 11.8. The average Bonchev–Trinajstić information content (AvgIpc) is 2.85. The summed E-state index contributed by atoms with van der Waals surface area (Å²) in [7, 11) is 0. The lowest BCUT2D eigenvalue weighted by Gasteiger charge is -2.27. The maximum atomic E-state index is 13.1. The van der Waals surface area contributed by atoms with Crippen molar-refractivity contribution < 1.29 is 23.9 Å². The van der Waals surface area contributed by atoms with E-state index in [-0.39, 0.29) is 23.8 Å². The average molecular weight is 518 g/mol. The molecule has 0 aliphatic carbocycles. The maximum absolute atomic E-state index is 13.1. The lowest BCUT2D eigenvalue weighted by atomic mass is 10.1. The molecule has 0 atom stereocenters. The summed E-state index contributed by atoms with van der Waals surface area (Å²) in [5, 5.41) is 5.36. The molecular weight excluding hydrogens is 494 g/mol. The van der Waals surface area contributed by atoms with E-state index >= 15 is 0 Å². The Morgan fingerprint density at radius 1 is 0.973 bits per heavy atom. The largest absolute Gasteiger partial charge is 0.484 e. The van der Waals surface area contributed by atoms with Crippen molar-refractivity contribution in [3.05, 3.63) is 93.5 Å². The number of urea groups is 1. The van der Waals surface area contributed by atoms with Crippen LogP contribution in [0.1, 0.15) is 22.3 Å². The van der Waals surface area contributed by atoms with Crippen LogP contribution in [0.4, 0.5) is 16.2 Å². The molecule has 8 nitrogen and oxygen atoms in total. The first kappa shape index (κ1) is 25.7. The second-order valence-corrected chi connectivity index (χ2v) is 9.05. The molecule has 0 radical (unpaired) electrons. The molecular formula is C28H24ClN3O5. The highest BCUT2D eigenvalue weighted by Gasteiger charge is 2.37. The molecule has 0 spiro atoms. The van der Waals surface area contributed by atoms with Crippen molar-refractivity contribution in [3.63, 3.8) is 0 Å². The summed E-state index contributed by atoms with van der Waals surface area (Å²) in [6.45, 7) is 5.44. The molecule has 0 saturated carbocycles. The topological polar surface area (TPSA) is 105 Å². The third kappa shape index (κ3) is 5.87. The second kappa shape index (κ2) is 10.7. The molecule has 1 fully saturated rings. The van der Waals surface area contributed by atoms with Gasteiger partial charge in [-0.2, -0.15) is 0 Å². The van der Waals surface area contributed by atoms with Crippen LogP contribution in [0.15, 0.2) is 66.2 Å². The molecule has 4 rings (SSSR count). The number of imide groups is 2. The van der Waals surface area contributed by atoms with E-state index in [9.17, 15) is 19.2 Å². The smallest absolute Gasteiger partial charge is 0.335 e. The Hall–Kier alpha value is -4.43. The van der Waals surface area contributed by atoms with Gasteiger partial charge in [0, 0.05) is 10.7 Å². The molecule has 5 amide bonds.